The number of carbonyl (C=O) groups excluding carboxylic acids is 1. The van der Waals surface area contributed by atoms with E-state index in [0.717, 1.165) is 28.7 Å². The summed E-state index contributed by atoms with van der Waals surface area (Å²) in [5.74, 6) is -0.386. The van der Waals surface area contributed by atoms with Crippen LogP contribution in [0.1, 0.15) is 25.1 Å². The van der Waals surface area contributed by atoms with E-state index in [9.17, 15) is 9.32 Å². The van der Waals surface area contributed by atoms with Gasteiger partial charge in [0.25, 0.3) is 0 Å². The molecule has 1 aromatic carbocycles. The summed E-state index contributed by atoms with van der Waals surface area (Å²) in [7, 11) is 0. The molecule has 0 aliphatic carbocycles. The van der Waals surface area contributed by atoms with Crippen LogP contribution in [0.4, 0.5) is 4.53 Å². The summed E-state index contributed by atoms with van der Waals surface area (Å²) in [6.45, 7) is 3.56. The first-order valence-corrected chi connectivity index (χ1v) is 11.2. The van der Waals surface area contributed by atoms with Crippen molar-refractivity contribution in [2.75, 3.05) is 6.61 Å². The molecular formula is C19H18Cl2FN3O3S2. The fourth-order valence-electron chi connectivity index (χ4n) is 2.39. The van der Waals surface area contributed by atoms with Crippen molar-refractivity contribution in [2.24, 2.45) is 0 Å². The molecule has 0 radical (unpaired) electrons. The molecule has 1 aliphatic heterocycles. The summed E-state index contributed by atoms with van der Waals surface area (Å²) in [6.07, 6.45) is 4.22. The van der Waals surface area contributed by atoms with Crippen molar-refractivity contribution in [1.29, 1.82) is 0 Å². The van der Waals surface area contributed by atoms with E-state index in [0.29, 0.717) is 33.3 Å². The minimum atomic E-state index is -1.06. The van der Waals surface area contributed by atoms with Crippen LogP contribution in [0, 0.1) is 0 Å². The SMILES string of the molecule is CC(C)(Sc1nc(CCOC2=CC=C(c3ccc(Cl)cc3Cl)NN2)cs1)C(=O)OF. The number of nitrogens with one attached hydrogen (secondary N) is 2. The highest BCUT2D eigenvalue weighted by Gasteiger charge is 2.33. The summed E-state index contributed by atoms with van der Waals surface area (Å²) in [6, 6.07) is 5.28. The maximum atomic E-state index is 12.2. The van der Waals surface area contributed by atoms with E-state index >= 15 is 0 Å². The predicted octanol–water partition coefficient (Wildman–Crippen LogP) is 5.30. The van der Waals surface area contributed by atoms with E-state index in [2.05, 4.69) is 20.8 Å². The van der Waals surface area contributed by atoms with Crippen LogP contribution in [0.25, 0.3) is 5.70 Å². The molecule has 160 valence electrons. The Bertz CT molecular complexity index is 995. The van der Waals surface area contributed by atoms with Crippen molar-refractivity contribution >= 4 is 58.0 Å². The fraction of sp³-hybridized carbons (Fsp3) is 0.263. The second-order valence-electron chi connectivity index (χ2n) is 6.67. The highest BCUT2D eigenvalue weighted by Crippen LogP contribution is 2.35. The lowest BCUT2D eigenvalue weighted by Crippen LogP contribution is -2.33. The molecule has 6 nitrogen and oxygen atoms in total. The molecule has 2 N–H and O–H groups in total. The third-order valence-corrected chi connectivity index (χ3v) is 6.71. The van der Waals surface area contributed by atoms with Gasteiger partial charge in [-0.15, -0.1) is 11.3 Å². The Morgan fingerprint density at radius 2 is 2.10 bits per heavy atom. The number of halogens is 3. The Morgan fingerprint density at radius 3 is 2.77 bits per heavy atom. The molecule has 0 amide bonds. The Morgan fingerprint density at radius 1 is 1.30 bits per heavy atom. The second kappa shape index (κ2) is 9.91. The fourth-order valence-corrected chi connectivity index (χ4v) is 5.15. The summed E-state index contributed by atoms with van der Waals surface area (Å²) in [4.78, 5) is 19.2. The number of hydrogen-bond donors (Lipinski definition) is 2. The standard InChI is InChI=1S/C19H18Cl2FN3O3S2/c1-19(2,17(26)28-22)30-18-23-12(10-29-18)7-8-27-16-6-5-15(24-25-16)13-4-3-11(20)9-14(13)21/h3-6,9-10,24-25H,7-8H2,1-2H3. The van der Waals surface area contributed by atoms with E-state index in [1.807, 2.05) is 17.5 Å². The number of carbonyl (C=O) groups is 1. The molecule has 3 rings (SSSR count). The molecule has 1 aromatic heterocycles. The van der Waals surface area contributed by atoms with Gasteiger partial charge in [0.15, 0.2) is 4.34 Å². The van der Waals surface area contributed by atoms with E-state index in [-0.39, 0.29) is 0 Å². The van der Waals surface area contributed by atoms with Crippen LogP contribution in [0.2, 0.25) is 10.0 Å². The topological polar surface area (TPSA) is 72.5 Å². The van der Waals surface area contributed by atoms with Gasteiger partial charge < -0.3 is 4.74 Å². The van der Waals surface area contributed by atoms with Crippen LogP contribution < -0.4 is 10.9 Å². The zero-order valence-corrected chi connectivity index (χ0v) is 19.1. The lowest BCUT2D eigenvalue weighted by Gasteiger charge is -2.20. The Hall–Kier alpha value is -1.94. The number of benzene rings is 1. The Labute approximate surface area is 191 Å². The number of hydrazine groups is 1. The number of thiazole rings is 1. The Kier molecular flexibility index (Phi) is 7.51. The number of aromatic nitrogens is 1. The molecule has 0 spiro atoms. The molecule has 11 heteroatoms. The largest absolute Gasteiger partial charge is 0.478 e. The minimum absolute atomic E-state index is 0.398. The van der Waals surface area contributed by atoms with Gasteiger partial charge in [0.05, 0.1) is 23.0 Å². The first kappa shape index (κ1) is 22.7. The van der Waals surface area contributed by atoms with E-state index in [1.54, 1.807) is 32.1 Å². The zero-order chi connectivity index (χ0) is 21.7. The van der Waals surface area contributed by atoms with Crippen LogP contribution in [-0.4, -0.2) is 22.3 Å². The molecule has 0 saturated carbocycles. The number of nitrogens with zero attached hydrogens (tertiary/aromatic N) is 1. The van der Waals surface area contributed by atoms with E-state index < -0.39 is 10.7 Å². The summed E-state index contributed by atoms with van der Waals surface area (Å²) in [5, 5.41) is 2.99. The smallest absolute Gasteiger partial charge is 0.364 e. The first-order chi connectivity index (χ1) is 14.3. The van der Waals surface area contributed by atoms with Crippen molar-refractivity contribution in [3.8, 4) is 0 Å². The number of thioether (sulfide) groups is 1. The molecule has 0 atom stereocenters. The molecule has 0 bridgehead atoms. The molecule has 0 saturated heterocycles. The van der Waals surface area contributed by atoms with Crippen molar-refractivity contribution in [1.82, 2.24) is 15.8 Å². The third kappa shape index (κ3) is 5.81. The molecular weight excluding hydrogens is 472 g/mol. The van der Waals surface area contributed by atoms with Crippen LogP contribution >= 0.6 is 46.3 Å². The second-order valence-corrected chi connectivity index (χ2v) is 10.2. The Balaban J connectivity index is 1.52. The van der Waals surface area contributed by atoms with Crippen molar-refractivity contribution in [2.45, 2.75) is 29.4 Å². The van der Waals surface area contributed by atoms with Gasteiger partial charge in [-0.2, -0.15) is 0 Å². The number of hydrogen-bond acceptors (Lipinski definition) is 8. The van der Waals surface area contributed by atoms with Crippen LogP contribution in [-0.2, 0) is 20.9 Å². The van der Waals surface area contributed by atoms with Crippen molar-refractivity contribution < 1.29 is 19.0 Å². The normalized spacial score (nSPS) is 13.6. The zero-order valence-electron chi connectivity index (χ0n) is 16.0. The molecule has 30 heavy (non-hydrogen) atoms. The van der Waals surface area contributed by atoms with E-state index in [1.165, 1.54) is 11.3 Å². The highest BCUT2D eigenvalue weighted by molar-refractivity contribution is 8.03. The van der Waals surface area contributed by atoms with Gasteiger partial charge in [-0.05, 0) is 38.1 Å². The van der Waals surface area contributed by atoms with Gasteiger partial charge in [0, 0.05) is 33.0 Å². The maximum Gasteiger partial charge on any atom is 0.364 e. The van der Waals surface area contributed by atoms with Gasteiger partial charge in [-0.25, -0.2) is 9.78 Å². The lowest BCUT2D eigenvalue weighted by atomic mass is 10.1. The predicted molar refractivity (Wildman–Crippen MR) is 118 cm³/mol. The molecule has 2 heterocycles. The van der Waals surface area contributed by atoms with Gasteiger partial charge >= 0.3 is 5.97 Å². The monoisotopic (exact) mass is 489 g/mol. The molecule has 1 aliphatic rings. The minimum Gasteiger partial charge on any atom is -0.478 e. The summed E-state index contributed by atoms with van der Waals surface area (Å²) < 4.78 is 17.5. The van der Waals surface area contributed by atoms with Crippen LogP contribution in [0.3, 0.4) is 0 Å². The van der Waals surface area contributed by atoms with Crippen LogP contribution in [0.5, 0.6) is 0 Å². The summed E-state index contributed by atoms with van der Waals surface area (Å²) in [5.41, 5.74) is 8.44. The average Bonchev–Trinajstić information content (AvgIpc) is 3.14. The van der Waals surface area contributed by atoms with Gasteiger partial charge in [-0.1, -0.05) is 35.0 Å². The molecule has 2 aromatic rings. The number of allylic oxidation sites excluding steroid dienone is 2. The summed E-state index contributed by atoms with van der Waals surface area (Å²) >= 11 is 14.7. The first-order valence-electron chi connectivity index (χ1n) is 8.77. The van der Waals surface area contributed by atoms with Gasteiger partial charge in [-0.3, -0.25) is 15.8 Å². The number of rotatable bonds is 8. The average molecular weight is 490 g/mol. The van der Waals surface area contributed by atoms with Gasteiger partial charge in [0.1, 0.15) is 4.75 Å². The molecule has 0 fully saturated rings. The molecule has 0 unspecified atom stereocenters. The van der Waals surface area contributed by atoms with Crippen molar-refractivity contribution in [3.63, 3.8) is 0 Å². The van der Waals surface area contributed by atoms with E-state index in [4.69, 9.17) is 27.9 Å². The van der Waals surface area contributed by atoms with Crippen molar-refractivity contribution in [3.05, 3.63) is 62.9 Å². The third-order valence-electron chi connectivity index (χ3n) is 3.99. The van der Waals surface area contributed by atoms with Gasteiger partial charge in [0.2, 0.25) is 5.88 Å². The highest BCUT2D eigenvalue weighted by atomic mass is 35.5. The maximum absolute atomic E-state index is 12.2. The van der Waals surface area contributed by atoms with Crippen LogP contribution in [0.15, 0.2) is 46.0 Å². The number of ether oxygens (including phenoxy) is 1. The lowest BCUT2D eigenvalue weighted by molar-refractivity contribution is -0.185. The quantitative estimate of drug-likeness (QED) is 0.487.